The molecular weight excluding hydrogens is 252 g/mol. The molecule has 5 heteroatoms. The van der Waals surface area contributed by atoms with Crippen LogP contribution in [-0.2, 0) is 6.54 Å². The van der Waals surface area contributed by atoms with Gasteiger partial charge >= 0.3 is 0 Å². The van der Waals surface area contributed by atoms with E-state index in [-0.39, 0.29) is 5.41 Å². The van der Waals surface area contributed by atoms with Gasteiger partial charge < -0.3 is 15.8 Å². The SMILES string of the molecule is Cc1cccc(CN(C)CCCC(C)(C)/C(N)=N/O)n1. The first-order valence-corrected chi connectivity index (χ1v) is 6.94. The highest BCUT2D eigenvalue weighted by Crippen LogP contribution is 2.22. The van der Waals surface area contributed by atoms with Crippen LogP contribution in [0.25, 0.3) is 0 Å². The summed E-state index contributed by atoms with van der Waals surface area (Å²) in [5, 5.41) is 11.9. The fraction of sp³-hybridized carbons (Fsp3) is 0.600. The third-order valence-corrected chi connectivity index (χ3v) is 3.52. The highest BCUT2D eigenvalue weighted by molar-refractivity contribution is 5.85. The molecule has 5 nitrogen and oxygen atoms in total. The highest BCUT2D eigenvalue weighted by Gasteiger charge is 2.23. The zero-order chi connectivity index (χ0) is 15.2. The van der Waals surface area contributed by atoms with Crippen molar-refractivity contribution in [2.45, 2.75) is 40.2 Å². The Hall–Kier alpha value is -1.62. The fourth-order valence-corrected chi connectivity index (χ4v) is 2.10. The summed E-state index contributed by atoms with van der Waals surface area (Å²) in [6, 6.07) is 6.08. The van der Waals surface area contributed by atoms with Gasteiger partial charge in [0.2, 0.25) is 0 Å². The Morgan fingerprint density at radius 1 is 1.45 bits per heavy atom. The second-order valence-electron chi connectivity index (χ2n) is 5.98. The summed E-state index contributed by atoms with van der Waals surface area (Å²) in [7, 11) is 2.08. The van der Waals surface area contributed by atoms with Crippen molar-refractivity contribution in [3.8, 4) is 0 Å². The van der Waals surface area contributed by atoms with E-state index in [1.807, 2.05) is 39.0 Å². The van der Waals surface area contributed by atoms with E-state index in [1.54, 1.807) is 0 Å². The fourth-order valence-electron chi connectivity index (χ4n) is 2.10. The standard InChI is InChI=1S/C15H26N4O/c1-12-7-5-8-13(17-12)11-19(4)10-6-9-15(2,3)14(16)18-20/h5,7-8,20H,6,9-11H2,1-4H3,(H2,16,18). The maximum atomic E-state index is 8.74. The van der Waals surface area contributed by atoms with Crippen LogP contribution < -0.4 is 5.73 Å². The minimum atomic E-state index is -0.267. The van der Waals surface area contributed by atoms with Crippen LogP contribution >= 0.6 is 0 Å². The van der Waals surface area contributed by atoms with Gasteiger partial charge in [0.05, 0.1) is 5.69 Å². The monoisotopic (exact) mass is 278 g/mol. The van der Waals surface area contributed by atoms with Crippen molar-refractivity contribution in [1.29, 1.82) is 0 Å². The van der Waals surface area contributed by atoms with Gasteiger partial charge in [-0.15, -0.1) is 0 Å². The van der Waals surface area contributed by atoms with E-state index in [0.717, 1.165) is 37.3 Å². The molecule has 0 saturated carbocycles. The van der Waals surface area contributed by atoms with Crippen molar-refractivity contribution >= 4 is 5.84 Å². The number of nitrogens with zero attached hydrogens (tertiary/aromatic N) is 3. The molecule has 0 saturated heterocycles. The van der Waals surface area contributed by atoms with Gasteiger partial charge in [0.1, 0.15) is 5.84 Å². The predicted octanol–water partition coefficient (Wildman–Crippen LogP) is 2.37. The molecule has 112 valence electrons. The van der Waals surface area contributed by atoms with Crippen molar-refractivity contribution < 1.29 is 5.21 Å². The summed E-state index contributed by atoms with van der Waals surface area (Å²) >= 11 is 0. The maximum absolute atomic E-state index is 8.74. The number of aryl methyl sites for hydroxylation is 1. The summed E-state index contributed by atoms with van der Waals surface area (Å²) in [6.45, 7) is 7.78. The average molecular weight is 278 g/mol. The molecule has 1 rings (SSSR count). The van der Waals surface area contributed by atoms with E-state index in [0.29, 0.717) is 5.84 Å². The van der Waals surface area contributed by atoms with E-state index in [4.69, 9.17) is 10.9 Å². The number of amidine groups is 1. The van der Waals surface area contributed by atoms with Crippen LogP contribution in [0.15, 0.2) is 23.4 Å². The molecule has 0 spiro atoms. The molecule has 20 heavy (non-hydrogen) atoms. The molecule has 0 aliphatic rings. The number of nitrogens with two attached hydrogens (primary N) is 1. The molecule has 0 fully saturated rings. The second-order valence-corrected chi connectivity index (χ2v) is 5.98. The Labute approximate surface area is 121 Å². The maximum Gasteiger partial charge on any atom is 0.144 e. The lowest BCUT2D eigenvalue weighted by molar-refractivity contribution is 0.285. The zero-order valence-electron chi connectivity index (χ0n) is 12.9. The summed E-state index contributed by atoms with van der Waals surface area (Å²) in [6.07, 6.45) is 1.88. The molecule has 0 atom stereocenters. The van der Waals surface area contributed by atoms with E-state index in [1.165, 1.54) is 0 Å². The molecule has 1 aromatic heterocycles. The lowest BCUT2D eigenvalue weighted by Crippen LogP contribution is -2.32. The average Bonchev–Trinajstić information content (AvgIpc) is 2.37. The van der Waals surface area contributed by atoms with E-state index < -0.39 is 0 Å². The summed E-state index contributed by atoms with van der Waals surface area (Å²) < 4.78 is 0. The number of hydrogen-bond donors (Lipinski definition) is 2. The van der Waals surface area contributed by atoms with E-state index >= 15 is 0 Å². The molecule has 1 heterocycles. The minimum absolute atomic E-state index is 0.267. The van der Waals surface area contributed by atoms with Crippen molar-refractivity contribution in [3.63, 3.8) is 0 Å². The normalized spacial score (nSPS) is 12.9. The third kappa shape index (κ3) is 5.17. The quantitative estimate of drug-likeness (QED) is 0.347. The first kappa shape index (κ1) is 16.4. The van der Waals surface area contributed by atoms with Gasteiger partial charge in [0.15, 0.2) is 0 Å². The number of oxime groups is 1. The molecule has 0 aliphatic carbocycles. The molecule has 0 bridgehead atoms. The Bertz CT molecular complexity index is 457. The lowest BCUT2D eigenvalue weighted by Gasteiger charge is -2.24. The van der Waals surface area contributed by atoms with Crippen LogP contribution in [-0.4, -0.2) is 34.5 Å². The number of rotatable bonds is 7. The Balaban J connectivity index is 2.39. The van der Waals surface area contributed by atoms with Gasteiger partial charge in [-0.05, 0) is 45.5 Å². The van der Waals surface area contributed by atoms with Crippen LogP contribution in [0, 0.1) is 12.3 Å². The molecule has 3 N–H and O–H groups in total. The van der Waals surface area contributed by atoms with Gasteiger partial charge in [-0.1, -0.05) is 25.1 Å². The predicted molar refractivity (Wildman–Crippen MR) is 81.7 cm³/mol. The van der Waals surface area contributed by atoms with Gasteiger partial charge in [0, 0.05) is 17.7 Å². The molecule has 0 aromatic carbocycles. The molecule has 0 radical (unpaired) electrons. The zero-order valence-corrected chi connectivity index (χ0v) is 12.9. The van der Waals surface area contributed by atoms with Crippen LogP contribution in [0.2, 0.25) is 0 Å². The Kier molecular flexibility index (Phi) is 5.95. The topological polar surface area (TPSA) is 74.7 Å². The first-order valence-electron chi connectivity index (χ1n) is 6.94. The number of pyridine rings is 1. The van der Waals surface area contributed by atoms with Crippen LogP contribution in [0.5, 0.6) is 0 Å². The van der Waals surface area contributed by atoms with Crippen molar-refractivity contribution in [1.82, 2.24) is 9.88 Å². The minimum Gasteiger partial charge on any atom is -0.409 e. The Morgan fingerprint density at radius 3 is 2.75 bits per heavy atom. The van der Waals surface area contributed by atoms with Gasteiger partial charge in [0.25, 0.3) is 0 Å². The van der Waals surface area contributed by atoms with Crippen molar-refractivity contribution in [3.05, 3.63) is 29.6 Å². The smallest absolute Gasteiger partial charge is 0.144 e. The van der Waals surface area contributed by atoms with Crippen molar-refractivity contribution in [2.75, 3.05) is 13.6 Å². The number of hydrogen-bond acceptors (Lipinski definition) is 4. The molecule has 0 amide bonds. The molecule has 1 aromatic rings. The lowest BCUT2D eigenvalue weighted by atomic mass is 9.86. The highest BCUT2D eigenvalue weighted by atomic mass is 16.4. The summed E-state index contributed by atoms with van der Waals surface area (Å²) in [5.41, 5.74) is 7.55. The summed E-state index contributed by atoms with van der Waals surface area (Å²) in [5.74, 6) is 0.292. The van der Waals surface area contributed by atoms with E-state index in [9.17, 15) is 0 Å². The molecular formula is C15H26N4O. The van der Waals surface area contributed by atoms with E-state index in [2.05, 4.69) is 22.1 Å². The van der Waals surface area contributed by atoms with Gasteiger partial charge in [-0.2, -0.15) is 0 Å². The molecule has 0 aliphatic heterocycles. The first-order chi connectivity index (χ1) is 9.35. The van der Waals surface area contributed by atoms with Gasteiger partial charge in [-0.25, -0.2) is 0 Å². The third-order valence-electron chi connectivity index (χ3n) is 3.52. The van der Waals surface area contributed by atoms with Crippen molar-refractivity contribution in [2.24, 2.45) is 16.3 Å². The van der Waals surface area contributed by atoms with Gasteiger partial charge in [-0.3, -0.25) is 4.98 Å². The Morgan fingerprint density at radius 2 is 2.15 bits per heavy atom. The number of aromatic nitrogens is 1. The van der Waals surface area contributed by atoms with Crippen LogP contribution in [0.4, 0.5) is 0 Å². The summed E-state index contributed by atoms with van der Waals surface area (Å²) in [4.78, 5) is 6.74. The molecule has 0 unspecified atom stereocenters. The van der Waals surface area contributed by atoms with Crippen LogP contribution in [0.1, 0.15) is 38.1 Å². The van der Waals surface area contributed by atoms with Crippen LogP contribution in [0.3, 0.4) is 0 Å². The second kappa shape index (κ2) is 7.24. The largest absolute Gasteiger partial charge is 0.409 e.